The van der Waals surface area contributed by atoms with Crippen molar-refractivity contribution in [1.29, 1.82) is 0 Å². The van der Waals surface area contributed by atoms with Crippen molar-refractivity contribution in [2.45, 2.75) is 19.1 Å². The number of amides is 1. The van der Waals surface area contributed by atoms with Crippen molar-refractivity contribution in [2.75, 3.05) is 13.1 Å². The third-order valence-corrected chi connectivity index (χ3v) is 2.11. The molecular formula is C10H15NO3. The fraction of sp³-hybridized carbons (Fsp3) is 0.500. The zero-order valence-corrected chi connectivity index (χ0v) is 8.13. The van der Waals surface area contributed by atoms with Gasteiger partial charge in [0.05, 0.1) is 12.2 Å². The van der Waals surface area contributed by atoms with Gasteiger partial charge in [-0.15, -0.1) is 0 Å². The number of hydrogen-bond donors (Lipinski definition) is 2. The lowest BCUT2D eigenvalue weighted by molar-refractivity contribution is -0.125. The van der Waals surface area contributed by atoms with E-state index in [4.69, 9.17) is 0 Å². The van der Waals surface area contributed by atoms with Crippen LogP contribution in [0.2, 0.25) is 0 Å². The molecule has 2 N–H and O–H groups in total. The van der Waals surface area contributed by atoms with Crippen LogP contribution in [0.4, 0.5) is 0 Å². The number of carbonyl (C=O) groups is 1. The second-order valence-corrected chi connectivity index (χ2v) is 3.26. The summed E-state index contributed by atoms with van der Waals surface area (Å²) in [5, 5.41) is 18.4. The summed E-state index contributed by atoms with van der Waals surface area (Å²) in [6.45, 7) is 2.28. The van der Waals surface area contributed by atoms with Gasteiger partial charge < -0.3 is 15.1 Å². The van der Waals surface area contributed by atoms with Crippen LogP contribution in [-0.2, 0) is 4.79 Å². The van der Waals surface area contributed by atoms with Crippen LogP contribution in [0.3, 0.4) is 0 Å². The Morgan fingerprint density at radius 3 is 2.36 bits per heavy atom. The van der Waals surface area contributed by atoms with E-state index >= 15 is 0 Å². The molecule has 0 spiro atoms. The van der Waals surface area contributed by atoms with Crippen molar-refractivity contribution < 1.29 is 15.0 Å². The molecule has 0 aromatic rings. The van der Waals surface area contributed by atoms with Crippen molar-refractivity contribution in [3.8, 4) is 0 Å². The molecule has 2 atom stereocenters. The molecule has 4 nitrogen and oxygen atoms in total. The quantitative estimate of drug-likeness (QED) is 0.471. The molecule has 1 saturated heterocycles. The number of nitrogens with zero attached hydrogens (tertiary/aromatic N) is 1. The Labute approximate surface area is 83.1 Å². The summed E-state index contributed by atoms with van der Waals surface area (Å²) in [5.41, 5.74) is 0. The normalized spacial score (nSPS) is 28.1. The van der Waals surface area contributed by atoms with Crippen molar-refractivity contribution in [2.24, 2.45) is 0 Å². The standard InChI is InChI=1S/C10H15NO3/c1-2-3-4-5-10(14)11-6-8(12)9(13)7-11/h2-5,8-9,12-13H,6-7H2,1H3. The Bertz CT molecular complexity index is 250. The number of hydrogen-bond acceptors (Lipinski definition) is 3. The molecule has 78 valence electrons. The minimum atomic E-state index is -0.811. The van der Waals surface area contributed by atoms with Crippen LogP contribution in [0.25, 0.3) is 0 Å². The summed E-state index contributed by atoms with van der Waals surface area (Å²) >= 11 is 0. The summed E-state index contributed by atoms with van der Waals surface area (Å²) in [5.74, 6) is -0.182. The first-order valence-electron chi connectivity index (χ1n) is 4.59. The second-order valence-electron chi connectivity index (χ2n) is 3.26. The van der Waals surface area contributed by atoms with Crippen LogP contribution in [0.1, 0.15) is 6.92 Å². The van der Waals surface area contributed by atoms with E-state index in [1.807, 2.05) is 13.0 Å². The van der Waals surface area contributed by atoms with Gasteiger partial charge >= 0.3 is 0 Å². The average Bonchev–Trinajstić information content (AvgIpc) is 2.47. The lowest BCUT2D eigenvalue weighted by Crippen LogP contribution is -2.27. The summed E-state index contributed by atoms with van der Waals surface area (Å²) in [6.07, 6.45) is 5.01. The fourth-order valence-electron chi connectivity index (χ4n) is 1.30. The minimum Gasteiger partial charge on any atom is -0.388 e. The molecule has 1 aliphatic rings. The lowest BCUT2D eigenvalue weighted by Gasteiger charge is -2.11. The SMILES string of the molecule is CC=CC=CC(=O)N1CC(O)C(O)C1. The first-order valence-corrected chi connectivity index (χ1v) is 4.59. The molecule has 0 radical (unpaired) electrons. The van der Waals surface area contributed by atoms with E-state index in [2.05, 4.69) is 0 Å². The molecule has 0 aromatic carbocycles. The average molecular weight is 197 g/mol. The molecule has 1 rings (SSSR count). The van der Waals surface area contributed by atoms with Gasteiger partial charge in [-0.05, 0) is 6.92 Å². The Morgan fingerprint density at radius 2 is 1.86 bits per heavy atom. The molecule has 14 heavy (non-hydrogen) atoms. The van der Waals surface area contributed by atoms with Gasteiger partial charge in [0.1, 0.15) is 0 Å². The predicted molar refractivity (Wildman–Crippen MR) is 52.5 cm³/mol. The van der Waals surface area contributed by atoms with E-state index < -0.39 is 12.2 Å². The lowest BCUT2D eigenvalue weighted by atomic mass is 10.3. The Balaban J connectivity index is 2.47. The molecule has 0 saturated carbocycles. The number of rotatable bonds is 2. The zero-order chi connectivity index (χ0) is 10.6. The maximum absolute atomic E-state index is 11.4. The number of β-amino-alcohol motifs (C(OH)–C–C–N with tert-alkyl or cyclic N) is 2. The molecule has 1 amide bonds. The van der Waals surface area contributed by atoms with Crippen molar-refractivity contribution >= 4 is 5.91 Å². The van der Waals surface area contributed by atoms with Crippen LogP contribution in [-0.4, -0.2) is 46.3 Å². The van der Waals surface area contributed by atoms with E-state index in [0.717, 1.165) is 0 Å². The molecule has 0 bridgehead atoms. The van der Waals surface area contributed by atoms with Gasteiger partial charge in [-0.2, -0.15) is 0 Å². The second kappa shape index (κ2) is 4.93. The highest BCUT2D eigenvalue weighted by atomic mass is 16.3. The van der Waals surface area contributed by atoms with E-state index in [-0.39, 0.29) is 19.0 Å². The first-order chi connectivity index (χ1) is 6.65. The molecule has 1 aliphatic heterocycles. The molecule has 2 unspecified atom stereocenters. The van der Waals surface area contributed by atoms with E-state index in [1.54, 1.807) is 12.2 Å². The van der Waals surface area contributed by atoms with E-state index in [0.29, 0.717) is 0 Å². The number of aliphatic hydroxyl groups excluding tert-OH is 2. The molecular weight excluding hydrogens is 182 g/mol. The van der Waals surface area contributed by atoms with Crippen LogP contribution in [0, 0.1) is 0 Å². The van der Waals surface area contributed by atoms with Crippen LogP contribution in [0.5, 0.6) is 0 Å². The highest BCUT2D eigenvalue weighted by Gasteiger charge is 2.31. The maximum atomic E-state index is 11.4. The van der Waals surface area contributed by atoms with Gasteiger partial charge in [-0.25, -0.2) is 0 Å². The highest BCUT2D eigenvalue weighted by Crippen LogP contribution is 2.10. The van der Waals surface area contributed by atoms with Gasteiger partial charge in [0.15, 0.2) is 0 Å². The predicted octanol–water partition coefficient (Wildman–Crippen LogP) is -0.317. The maximum Gasteiger partial charge on any atom is 0.246 e. The van der Waals surface area contributed by atoms with E-state index in [1.165, 1.54) is 11.0 Å². The molecule has 1 heterocycles. The van der Waals surface area contributed by atoms with Crippen LogP contribution < -0.4 is 0 Å². The Kier molecular flexibility index (Phi) is 3.85. The number of carbonyl (C=O) groups excluding carboxylic acids is 1. The summed E-state index contributed by atoms with van der Waals surface area (Å²) < 4.78 is 0. The van der Waals surface area contributed by atoms with Crippen molar-refractivity contribution in [3.63, 3.8) is 0 Å². The molecule has 4 heteroatoms. The summed E-state index contributed by atoms with van der Waals surface area (Å²) in [4.78, 5) is 12.8. The third kappa shape index (κ3) is 2.68. The monoisotopic (exact) mass is 197 g/mol. The zero-order valence-electron chi connectivity index (χ0n) is 8.13. The van der Waals surface area contributed by atoms with E-state index in [9.17, 15) is 15.0 Å². The van der Waals surface area contributed by atoms with Gasteiger partial charge in [-0.1, -0.05) is 18.2 Å². The first kappa shape index (κ1) is 10.9. The fourth-order valence-corrected chi connectivity index (χ4v) is 1.30. The van der Waals surface area contributed by atoms with Crippen LogP contribution >= 0.6 is 0 Å². The van der Waals surface area contributed by atoms with Crippen molar-refractivity contribution in [3.05, 3.63) is 24.3 Å². The number of likely N-dealkylation sites (tertiary alicyclic amines) is 1. The Hall–Kier alpha value is -1.13. The van der Waals surface area contributed by atoms with Gasteiger partial charge in [0, 0.05) is 19.2 Å². The topological polar surface area (TPSA) is 60.8 Å². The number of allylic oxidation sites excluding steroid dienone is 3. The van der Waals surface area contributed by atoms with Crippen molar-refractivity contribution in [1.82, 2.24) is 4.90 Å². The number of aliphatic hydroxyl groups is 2. The third-order valence-electron chi connectivity index (χ3n) is 2.11. The largest absolute Gasteiger partial charge is 0.388 e. The Morgan fingerprint density at radius 1 is 1.29 bits per heavy atom. The summed E-state index contributed by atoms with van der Waals surface area (Å²) in [7, 11) is 0. The van der Waals surface area contributed by atoms with Gasteiger partial charge in [0.2, 0.25) is 5.91 Å². The molecule has 0 aromatic heterocycles. The smallest absolute Gasteiger partial charge is 0.246 e. The highest BCUT2D eigenvalue weighted by molar-refractivity contribution is 5.88. The molecule has 1 fully saturated rings. The summed E-state index contributed by atoms with van der Waals surface area (Å²) in [6, 6.07) is 0. The van der Waals surface area contributed by atoms with Gasteiger partial charge in [-0.3, -0.25) is 4.79 Å². The minimum absolute atomic E-state index is 0.182. The molecule has 0 aliphatic carbocycles. The van der Waals surface area contributed by atoms with Crippen LogP contribution in [0.15, 0.2) is 24.3 Å². The van der Waals surface area contributed by atoms with Gasteiger partial charge in [0.25, 0.3) is 0 Å².